The summed E-state index contributed by atoms with van der Waals surface area (Å²) >= 11 is 0. The van der Waals surface area contributed by atoms with Crippen LogP contribution in [0.5, 0.6) is 0 Å². The Kier molecular flexibility index (Phi) is 5.13. The lowest BCUT2D eigenvalue weighted by Crippen LogP contribution is -2.30. The van der Waals surface area contributed by atoms with Gasteiger partial charge in [0.1, 0.15) is 0 Å². The molecule has 0 radical (unpaired) electrons. The standard InChI is InChI=1S/C13H25N5/c1-17(10-12-5-3-2-4-6-12)7-8-18-11-13(9-14)15-16-18/h11-12H,2-10,14H2,1H3. The van der Waals surface area contributed by atoms with E-state index >= 15 is 0 Å². The van der Waals surface area contributed by atoms with Gasteiger partial charge in [-0.05, 0) is 25.8 Å². The fraction of sp³-hybridized carbons (Fsp3) is 0.846. The predicted molar refractivity (Wildman–Crippen MR) is 72.0 cm³/mol. The summed E-state index contributed by atoms with van der Waals surface area (Å²) in [5, 5.41) is 8.06. The van der Waals surface area contributed by atoms with E-state index in [4.69, 9.17) is 5.73 Å². The predicted octanol–water partition coefficient (Wildman–Crippen LogP) is 1.25. The van der Waals surface area contributed by atoms with Crippen LogP contribution in [0, 0.1) is 5.92 Å². The summed E-state index contributed by atoms with van der Waals surface area (Å²) in [5.41, 5.74) is 6.38. The average molecular weight is 251 g/mol. The molecule has 18 heavy (non-hydrogen) atoms. The van der Waals surface area contributed by atoms with Gasteiger partial charge < -0.3 is 10.6 Å². The molecule has 1 fully saturated rings. The van der Waals surface area contributed by atoms with Crippen molar-refractivity contribution in [1.29, 1.82) is 0 Å². The third-order valence-corrected chi connectivity index (χ3v) is 3.80. The van der Waals surface area contributed by atoms with Gasteiger partial charge in [-0.15, -0.1) is 5.10 Å². The molecule has 0 saturated heterocycles. The molecule has 0 atom stereocenters. The molecule has 0 bridgehead atoms. The van der Waals surface area contributed by atoms with Crippen LogP contribution in [0.25, 0.3) is 0 Å². The molecule has 1 saturated carbocycles. The first-order valence-corrected chi connectivity index (χ1v) is 7.05. The second-order valence-corrected chi connectivity index (χ2v) is 5.44. The van der Waals surface area contributed by atoms with Gasteiger partial charge in [0.25, 0.3) is 0 Å². The van der Waals surface area contributed by atoms with E-state index in [0.29, 0.717) is 6.54 Å². The summed E-state index contributed by atoms with van der Waals surface area (Å²) in [6.07, 6.45) is 9.02. The maximum Gasteiger partial charge on any atom is 0.0962 e. The highest BCUT2D eigenvalue weighted by molar-refractivity contribution is 4.90. The van der Waals surface area contributed by atoms with Crippen molar-refractivity contribution < 1.29 is 0 Å². The summed E-state index contributed by atoms with van der Waals surface area (Å²) in [6, 6.07) is 0. The third kappa shape index (κ3) is 4.07. The smallest absolute Gasteiger partial charge is 0.0962 e. The topological polar surface area (TPSA) is 60.0 Å². The monoisotopic (exact) mass is 251 g/mol. The Balaban J connectivity index is 1.68. The van der Waals surface area contributed by atoms with Crippen molar-refractivity contribution in [2.75, 3.05) is 20.1 Å². The average Bonchev–Trinajstić information content (AvgIpc) is 2.85. The zero-order chi connectivity index (χ0) is 12.8. The van der Waals surface area contributed by atoms with Gasteiger partial charge in [0, 0.05) is 25.8 Å². The second kappa shape index (κ2) is 6.85. The largest absolute Gasteiger partial charge is 0.325 e. The zero-order valence-electron chi connectivity index (χ0n) is 11.4. The molecule has 1 heterocycles. The van der Waals surface area contributed by atoms with Gasteiger partial charge in [-0.25, -0.2) is 0 Å². The van der Waals surface area contributed by atoms with E-state index in [0.717, 1.165) is 24.7 Å². The van der Waals surface area contributed by atoms with Gasteiger partial charge in [0.2, 0.25) is 0 Å². The summed E-state index contributed by atoms with van der Waals surface area (Å²) in [5.74, 6) is 0.902. The number of nitrogens with two attached hydrogens (primary N) is 1. The quantitative estimate of drug-likeness (QED) is 0.826. The van der Waals surface area contributed by atoms with Gasteiger partial charge in [0.15, 0.2) is 0 Å². The Hall–Kier alpha value is -0.940. The highest BCUT2D eigenvalue weighted by atomic mass is 15.4. The first-order chi connectivity index (χ1) is 8.78. The maximum absolute atomic E-state index is 5.52. The van der Waals surface area contributed by atoms with Crippen LogP contribution in [-0.4, -0.2) is 40.0 Å². The minimum Gasteiger partial charge on any atom is -0.325 e. The molecule has 5 nitrogen and oxygen atoms in total. The molecule has 0 aromatic carbocycles. The molecule has 0 spiro atoms. The SMILES string of the molecule is CN(CCn1cc(CN)nn1)CC1CCCCC1. The van der Waals surface area contributed by atoms with Crippen molar-refractivity contribution in [2.24, 2.45) is 11.7 Å². The first-order valence-electron chi connectivity index (χ1n) is 7.05. The summed E-state index contributed by atoms with van der Waals surface area (Å²) in [7, 11) is 2.20. The van der Waals surface area contributed by atoms with Crippen molar-refractivity contribution in [3.8, 4) is 0 Å². The van der Waals surface area contributed by atoms with Crippen molar-refractivity contribution in [1.82, 2.24) is 19.9 Å². The molecule has 0 aliphatic heterocycles. The van der Waals surface area contributed by atoms with E-state index in [9.17, 15) is 0 Å². The minimum atomic E-state index is 0.470. The molecule has 1 aromatic rings. The van der Waals surface area contributed by atoms with E-state index in [-0.39, 0.29) is 0 Å². The zero-order valence-corrected chi connectivity index (χ0v) is 11.4. The van der Waals surface area contributed by atoms with E-state index in [1.807, 2.05) is 10.9 Å². The van der Waals surface area contributed by atoms with Crippen LogP contribution in [0.1, 0.15) is 37.8 Å². The number of nitrogens with zero attached hydrogens (tertiary/aromatic N) is 4. The molecular weight excluding hydrogens is 226 g/mol. The van der Waals surface area contributed by atoms with E-state index < -0.39 is 0 Å². The molecule has 0 amide bonds. The lowest BCUT2D eigenvalue weighted by Gasteiger charge is -2.26. The van der Waals surface area contributed by atoms with Crippen molar-refractivity contribution in [3.05, 3.63) is 11.9 Å². The Morgan fingerprint density at radius 1 is 1.39 bits per heavy atom. The third-order valence-electron chi connectivity index (χ3n) is 3.80. The molecule has 1 aromatic heterocycles. The van der Waals surface area contributed by atoms with E-state index in [1.165, 1.54) is 38.6 Å². The number of rotatable bonds is 6. The number of hydrogen-bond acceptors (Lipinski definition) is 4. The van der Waals surface area contributed by atoms with Gasteiger partial charge in [-0.3, -0.25) is 4.68 Å². The highest BCUT2D eigenvalue weighted by Crippen LogP contribution is 2.23. The van der Waals surface area contributed by atoms with Crippen LogP contribution in [0.2, 0.25) is 0 Å². The van der Waals surface area contributed by atoms with Crippen molar-refractivity contribution >= 4 is 0 Å². The van der Waals surface area contributed by atoms with Crippen LogP contribution < -0.4 is 5.73 Å². The van der Waals surface area contributed by atoms with Crippen molar-refractivity contribution in [3.63, 3.8) is 0 Å². The fourth-order valence-corrected chi connectivity index (χ4v) is 2.72. The minimum absolute atomic E-state index is 0.470. The van der Waals surface area contributed by atoms with Crippen LogP contribution in [0.15, 0.2) is 6.20 Å². The van der Waals surface area contributed by atoms with Crippen LogP contribution in [0.3, 0.4) is 0 Å². The highest BCUT2D eigenvalue weighted by Gasteiger charge is 2.15. The lowest BCUT2D eigenvalue weighted by molar-refractivity contribution is 0.225. The molecule has 2 N–H and O–H groups in total. The van der Waals surface area contributed by atoms with Crippen LogP contribution >= 0.6 is 0 Å². The Morgan fingerprint density at radius 2 is 2.17 bits per heavy atom. The number of hydrogen-bond donors (Lipinski definition) is 1. The molecule has 1 aliphatic rings. The fourth-order valence-electron chi connectivity index (χ4n) is 2.72. The molecule has 5 heteroatoms. The normalized spacial score (nSPS) is 17.5. The molecular formula is C13H25N5. The van der Waals surface area contributed by atoms with E-state index in [1.54, 1.807) is 0 Å². The summed E-state index contributed by atoms with van der Waals surface area (Å²) in [4.78, 5) is 2.42. The van der Waals surface area contributed by atoms with Crippen molar-refractivity contribution in [2.45, 2.75) is 45.2 Å². The molecule has 0 unspecified atom stereocenters. The van der Waals surface area contributed by atoms with Crippen LogP contribution in [0.4, 0.5) is 0 Å². The molecule has 102 valence electrons. The Labute approximate surface area is 109 Å². The number of likely N-dealkylation sites (N-methyl/N-ethyl adjacent to an activating group) is 1. The van der Waals surface area contributed by atoms with Gasteiger partial charge in [-0.2, -0.15) is 0 Å². The second-order valence-electron chi connectivity index (χ2n) is 5.44. The lowest BCUT2D eigenvalue weighted by atomic mass is 9.89. The van der Waals surface area contributed by atoms with Gasteiger partial charge in [-0.1, -0.05) is 24.5 Å². The summed E-state index contributed by atoms with van der Waals surface area (Å²) in [6.45, 7) is 3.62. The number of aromatic nitrogens is 3. The van der Waals surface area contributed by atoms with E-state index in [2.05, 4.69) is 22.3 Å². The van der Waals surface area contributed by atoms with Gasteiger partial charge >= 0.3 is 0 Å². The maximum atomic E-state index is 5.52. The summed E-state index contributed by atoms with van der Waals surface area (Å²) < 4.78 is 1.89. The first kappa shape index (κ1) is 13.5. The van der Waals surface area contributed by atoms with Gasteiger partial charge in [0.05, 0.1) is 12.2 Å². The van der Waals surface area contributed by atoms with Crippen LogP contribution in [-0.2, 0) is 13.1 Å². The Morgan fingerprint density at radius 3 is 2.83 bits per heavy atom. The molecule has 1 aliphatic carbocycles. The molecule has 2 rings (SSSR count). The Bertz CT molecular complexity index is 343.